The first kappa shape index (κ1) is 21.4. The number of allylic oxidation sites excluding steroid dienone is 1. The van der Waals surface area contributed by atoms with Crippen LogP contribution in [-0.4, -0.2) is 34.6 Å². The Morgan fingerprint density at radius 3 is 2.15 bits per heavy atom. The van der Waals surface area contributed by atoms with E-state index < -0.39 is 23.4 Å². The summed E-state index contributed by atoms with van der Waals surface area (Å²) in [7, 11) is 0. The van der Waals surface area contributed by atoms with Gasteiger partial charge in [-0.25, -0.2) is 14.6 Å². The molecular weight excluding hydrogens is 390 g/mol. The van der Waals surface area contributed by atoms with Crippen LogP contribution in [0.1, 0.15) is 58.9 Å². The van der Waals surface area contributed by atoms with Crippen LogP contribution in [0.5, 0.6) is 0 Å². The first-order valence-corrected chi connectivity index (χ1v) is 9.67. The highest BCUT2D eigenvalue weighted by molar-refractivity contribution is 7.17. The number of imide groups is 1. The standard InChI is InChI=1S/C18H24ClN3O4S/c1-17(2,3)25-15(23)22(16(24)26-18(4,5)6)14-12(19)21-13(27-14)11-8-7-9-20-10-11/h7,9-11H,8H2,1-6H3. The monoisotopic (exact) mass is 413 g/mol. The van der Waals surface area contributed by atoms with Gasteiger partial charge in [-0.15, -0.1) is 0 Å². The van der Waals surface area contributed by atoms with E-state index in [9.17, 15) is 9.59 Å². The minimum atomic E-state index is -0.869. The molecule has 9 heteroatoms. The number of hydrogen-bond donors (Lipinski definition) is 0. The number of anilines is 1. The lowest BCUT2D eigenvalue weighted by Crippen LogP contribution is -2.43. The molecule has 1 aliphatic rings. The maximum atomic E-state index is 12.7. The highest BCUT2D eigenvalue weighted by atomic mass is 35.5. The van der Waals surface area contributed by atoms with Crippen LogP contribution in [0, 0.1) is 0 Å². The fourth-order valence-electron chi connectivity index (χ4n) is 2.11. The summed E-state index contributed by atoms with van der Waals surface area (Å²) in [5.74, 6) is -0.0645. The maximum absolute atomic E-state index is 12.7. The molecule has 1 aromatic rings. The van der Waals surface area contributed by atoms with Gasteiger partial charge in [0.05, 0.1) is 0 Å². The summed E-state index contributed by atoms with van der Waals surface area (Å²) in [6, 6.07) is 0. The SMILES string of the molecule is CC(C)(C)OC(=O)N(C(=O)OC(C)(C)C)c1sc(C2C=NC=CC2)nc1Cl. The maximum Gasteiger partial charge on any atom is 0.425 e. The molecule has 2 heterocycles. The fourth-order valence-corrected chi connectivity index (χ4v) is 3.46. The molecule has 2 amide bonds. The van der Waals surface area contributed by atoms with E-state index in [-0.39, 0.29) is 16.1 Å². The van der Waals surface area contributed by atoms with Gasteiger partial charge in [-0.1, -0.05) is 29.0 Å². The van der Waals surface area contributed by atoms with Crippen LogP contribution in [0.25, 0.3) is 0 Å². The number of halogens is 1. The molecule has 1 aromatic heterocycles. The van der Waals surface area contributed by atoms with Crippen molar-refractivity contribution in [3.63, 3.8) is 0 Å². The zero-order chi connectivity index (χ0) is 20.4. The second-order valence-electron chi connectivity index (χ2n) is 7.97. The minimum absolute atomic E-state index is 0.0367. The molecule has 0 aliphatic carbocycles. The summed E-state index contributed by atoms with van der Waals surface area (Å²) in [5, 5.41) is 0.855. The number of aliphatic imine (C=N–C) groups is 1. The molecule has 1 atom stereocenters. The fraction of sp³-hybridized carbons (Fsp3) is 0.556. The van der Waals surface area contributed by atoms with Crippen LogP contribution in [0.4, 0.5) is 14.6 Å². The second kappa shape index (κ2) is 7.98. The van der Waals surface area contributed by atoms with E-state index in [1.165, 1.54) is 0 Å². The third kappa shape index (κ3) is 6.04. The summed E-state index contributed by atoms with van der Waals surface area (Å²) < 4.78 is 10.7. The molecular formula is C18H24ClN3O4S. The molecule has 0 spiro atoms. The number of carbonyl (C=O) groups is 2. The Bertz CT molecular complexity index is 747. The predicted octanol–water partition coefficient (Wildman–Crippen LogP) is 5.54. The highest BCUT2D eigenvalue weighted by Crippen LogP contribution is 2.38. The molecule has 0 N–H and O–H groups in total. The van der Waals surface area contributed by atoms with E-state index in [1.54, 1.807) is 54.0 Å². The van der Waals surface area contributed by atoms with E-state index in [0.29, 0.717) is 11.4 Å². The Morgan fingerprint density at radius 1 is 1.15 bits per heavy atom. The lowest BCUT2D eigenvalue weighted by Gasteiger charge is -2.27. The number of carbonyl (C=O) groups excluding carboxylic acids is 2. The zero-order valence-corrected chi connectivity index (χ0v) is 17.8. The van der Waals surface area contributed by atoms with Crippen molar-refractivity contribution < 1.29 is 19.1 Å². The summed E-state index contributed by atoms with van der Waals surface area (Å²) in [5.41, 5.74) is -1.59. The first-order chi connectivity index (χ1) is 12.4. The molecule has 0 saturated heterocycles. The Labute approximate surface area is 168 Å². The molecule has 0 fully saturated rings. The van der Waals surface area contributed by atoms with Crippen molar-refractivity contribution in [2.24, 2.45) is 4.99 Å². The van der Waals surface area contributed by atoms with Crippen LogP contribution >= 0.6 is 22.9 Å². The molecule has 27 heavy (non-hydrogen) atoms. The lowest BCUT2D eigenvalue weighted by atomic mass is 10.1. The number of aromatic nitrogens is 1. The molecule has 0 radical (unpaired) electrons. The second-order valence-corrected chi connectivity index (χ2v) is 9.34. The summed E-state index contributed by atoms with van der Waals surface area (Å²) >= 11 is 7.41. The molecule has 0 saturated carbocycles. The highest BCUT2D eigenvalue weighted by Gasteiger charge is 2.36. The Hall–Kier alpha value is -1.93. The molecule has 0 bridgehead atoms. The summed E-state index contributed by atoms with van der Waals surface area (Å²) in [6.07, 6.45) is 4.35. The van der Waals surface area contributed by atoms with Gasteiger partial charge < -0.3 is 9.47 Å². The van der Waals surface area contributed by atoms with Crippen molar-refractivity contribution in [3.05, 3.63) is 22.4 Å². The van der Waals surface area contributed by atoms with Crippen molar-refractivity contribution in [1.29, 1.82) is 0 Å². The molecule has 148 valence electrons. The van der Waals surface area contributed by atoms with E-state index in [2.05, 4.69) is 9.98 Å². The van der Waals surface area contributed by atoms with Crippen molar-refractivity contribution in [1.82, 2.24) is 4.98 Å². The Balaban J connectivity index is 2.39. The molecule has 2 rings (SSSR count). The number of hydrogen-bond acceptors (Lipinski definition) is 7. The Kier molecular flexibility index (Phi) is 6.32. The van der Waals surface area contributed by atoms with Gasteiger partial charge in [-0.3, -0.25) is 4.99 Å². The van der Waals surface area contributed by atoms with Crippen LogP contribution in [-0.2, 0) is 9.47 Å². The van der Waals surface area contributed by atoms with E-state index in [4.69, 9.17) is 21.1 Å². The number of thiazole rings is 1. The van der Waals surface area contributed by atoms with Gasteiger partial charge in [0.2, 0.25) is 0 Å². The predicted molar refractivity (Wildman–Crippen MR) is 107 cm³/mol. The van der Waals surface area contributed by atoms with Gasteiger partial charge >= 0.3 is 12.2 Å². The van der Waals surface area contributed by atoms with Gasteiger partial charge in [-0.2, -0.15) is 4.90 Å². The average Bonchev–Trinajstić information content (AvgIpc) is 2.86. The van der Waals surface area contributed by atoms with Gasteiger partial charge in [0.25, 0.3) is 0 Å². The number of nitrogens with zero attached hydrogens (tertiary/aromatic N) is 3. The lowest BCUT2D eigenvalue weighted by molar-refractivity contribution is 0.0432. The van der Waals surface area contributed by atoms with Crippen LogP contribution in [0.3, 0.4) is 0 Å². The van der Waals surface area contributed by atoms with Gasteiger partial charge in [0.15, 0.2) is 10.2 Å². The van der Waals surface area contributed by atoms with Gasteiger partial charge in [0, 0.05) is 18.3 Å². The van der Waals surface area contributed by atoms with Crippen molar-refractivity contribution >= 4 is 46.3 Å². The van der Waals surface area contributed by atoms with Crippen molar-refractivity contribution in [3.8, 4) is 0 Å². The number of amides is 2. The topological polar surface area (TPSA) is 81.1 Å². The zero-order valence-electron chi connectivity index (χ0n) is 16.3. The van der Waals surface area contributed by atoms with E-state index in [0.717, 1.165) is 16.2 Å². The smallest absolute Gasteiger partial charge is 0.425 e. The summed E-state index contributed by atoms with van der Waals surface area (Å²) in [4.78, 5) is 34.6. The van der Waals surface area contributed by atoms with E-state index >= 15 is 0 Å². The quantitative estimate of drug-likeness (QED) is 0.635. The third-order valence-electron chi connectivity index (χ3n) is 3.11. The first-order valence-electron chi connectivity index (χ1n) is 8.48. The minimum Gasteiger partial charge on any atom is -0.443 e. The molecule has 1 aliphatic heterocycles. The average molecular weight is 414 g/mol. The molecule has 0 aromatic carbocycles. The van der Waals surface area contributed by atoms with Crippen molar-refractivity contribution in [2.45, 2.75) is 65.1 Å². The largest absolute Gasteiger partial charge is 0.443 e. The van der Waals surface area contributed by atoms with Crippen LogP contribution < -0.4 is 4.90 Å². The van der Waals surface area contributed by atoms with Gasteiger partial charge in [0.1, 0.15) is 16.2 Å². The van der Waals surface area contributed by atoms with Crippen molar-refractivity contribution in [2.75, 3.05) is 4.90 Å². The van der Waals surface area contributed by atoms with Crippen LogP contribution in [0.2, 0.25) is 5.15 Å². The normalized spacial score (nSPS) is 16.9. The van der Waals surface area contributed by atoms with Gasteiger partial charge in [-0.05, 0) is 48.0 Å². The van der Waals surface area contributed by atoms with E-state index in [1.807, 2.05) is 6.08 Å². The summed E-state index contributed by atoms with van der Waals surface area (Å²) in [6.45, 7) is 10.3. The Morgan fingerprint density at radius 2 is 1.70 bits per heavy atom. The molecule has 1 unspecified atom stereocenters. The van der Waals surface area contributed by atoms with Crippen LogP contribution in [0.15, 0.2) is 17.3 Å². The number of ether oxygens (including phenoxy) is 2. The third-order valence-corrected chi connectivity index (χ3v) is 4.65. The molecule has 7 nitrogen and oxygen atoms in total. The number of rotatable bonds is 2.